The molecule has 0 bridgehead atoms. The van der Waals surface area contributed by atoms with Crippen LogP contribution in [-0.2, 0) is 10.0 Å². The second kappa shape index (κ2) is 6.11. The van der Waals surface area contributed by atoms with Crippen molar-refractivity contribution in [2.45, 2.75) is 17.6 Å². The van der Waals surface area contributed by atoms with Crippen molar-refractivity contribution < 1.29 is 13.5 Å². The van der Waals surface area contributed by atoms with Crippen molar-refractivity contribution >= 4 is 37.3 Å². The van der Waals surface area contributed by atoms with Gasteiger partial charge < -0.3 is 5.11 Å². The van der Waals surface area contributed by atoms with E-state index in [0.29, 0.717) is 21.6 Å². The zero-order valence-corrected chi connectivity index (χ0v) is 12.0. The fourth-order valence-electron chi connectivity index (χ4n) is 1.11. The molecule has 0 saturated carbocycles. The predicted octanol–water partition coefficient (Wildman–Crippen LogP) is 1.81. The monoisotopic (exact) mass is 327 g/mol. The van der Waals surface area contributed by atoms with Crippen LogP contribution in [0.25, 0.3) is 0 Å². The number of sulfonamides is 1. The number of halogens is 1. The zero-order chi connectivity index (χ0) is 12.2. The van der Waals surface area contributed by atoms with E-state index in [9.17, 15) is 8.42 Å². The Balaban J connectivity index is 2.63. The Hall–Kier alpha value is 0.0500. The number of nitrogens with one attached hydrogen (secondary N) is 1. The summed E-state index contributed by atoms with van der Waals surface area (Å²) in [7, 11) is -3.42. The molecule has 0 aliphatic heterocycles. The third kappa shape index (κ3) is 3.81. The minimum absolute atomic E-state index is 0.0750. The minimum atomic E-state index is -3.42. The number of rotatable bonds is 6. The predicted molar refractivity (Wildman–Crippen MR) is 68.1 cm³/mol. The first kappa shape index (κ1) is 14.1. The van der Waals surface area contributed by atoms with Crippen LogP contribution in [0.1, 0.15) is 13.3 Å². The maximum atomic E-state index is 11.8. The van der Waals surface area contributed by atoms with Gasteiger partial charge in [-0.25, -0.2) is 13.1 Å². The van der Waals surface area contributed by atoms with Crippen LogP contribution >= 0.6 is 27.3 Å². The Morgan fingerprint density at radius 2 is 2.31 bits per heavy atom. The molecule has 1 heterocycles. The first-order valence-electron chi connectivity index (χ1n) is 4.81. The van der Waals surface area contributed by atoms with Gasteiger partial charge in [0.15, 0.2) is 0 Å². The van der Waals surface area contributed by atoms with Crippen LogP contribution < -0.4 is 4.72 Å². The molecule has 1 aromatic rings. The SMILES string of the molecule is CC(CCO)CNS(=O)(=O)c1sccc1Br. The maximum absolute atomic E-state index is 11.8. The third-order valence-electron chi connectivity index (χ3n) is 2.07. The molecule has 1 aromatic heterocycles. The van der Waals surface area contributed by atoms with Crippen molar-refractivity contribution in [1.82, 2.24) is 4.72 Å². The molecule has 4 nitrogen and oxygen atoms in total. The lowest BCUT2D eigenvalue weighted by Crippen LogP contribution is -2.28. The van der Waals surface area contributed by atoms with Crippen molar-refractivity contribution in [2.24, 2.45) is 5.92 Å². The van der Waals surface area contributed by atoms with E-state index in [-0.39, 0.29) is 12.5 Å². The molecule has 1 unspecified atom stereocenters. The molecule has 16 heavy (non-hydrogen) atoms. The van der Waals surface area contributed by atoms with Gasteiger partial charge in [-0.05, 0) is 39.7 Å². The van der Waals surface area contributed by atoms with Gasteiger partial charge >= 0.3 is 0 Å². The molecule has 0 aliphatic rings. The molecule has 0 amide bonds. The van der Waals surface area contributed by atoms with Crippen molar-refractivity contribution in [3.05, 3.63) is 15.9 Å². The lowest BCUT2D eigenvalue weighted by Gasteiger charge is -2.10. The Morgan fingerprint density at radius 1 is 1.62 bits per heavy atom. The summed E-state index contributed by atoms with van der Waals surface area (Å²) in [5, 5.41) is 10.4. The first-order valence-corrected chi connectivity index (χ1v) is 7.96. The van der Waals surface area contributed by atoms with Gasteiger partial charge in [-0.3, -0.25) is 0 Å². The quantitative estimate of drug-likeness (QED) is 0.837. The summed E-state index contributed by atoms with van der Waals surface area (Å²) in [4.78, 5) is 0. The average molecular weight is 328 g/mol. The van der Waals surface area contributed by atoms with E-state index in [1.54, 1.807) is 11.4 Å². The second-order valence-electron chi connectivity index (χ2n) is 3.53. The van der Waals surface area contributed by atoms with Crippen molar-refractivity contribution in [2.75, 3.05) is 13.2 Å². The van der Waals surface area contributed by atoms with E-state index in [2.05, 4.69) is 20.7 Å². The fraction of sp³-hybridized carbons (Fsp3) is 0.556. The Kier molecular flexibility index (Phi) is 5.39. The minimum Gasteiger partial charge on any atom is -0.396 e. The fourth-order valence-corrected chi connectivity index (χ4v) is 4.66. The van der Waals surface area contributed by atoms with Crippen LogP contribution in [0.5, 0.6) is 0 Å². The van der Waals surface area contributed by atoms with Gasteiger partial charge in [0.25, 0.3) is 10.0 Å². The van der Waals surface area contributed by atoms with Crippen LogP contribution in [0.3, 0.4) is 0 Å². The highest BCUT2D eigenvalue weighted by Gasteiger charge is 2.19. The normalized spacial score (nSPS) is 13.9. The van der Waals surface area contributed by atoms with Gasteiger partial charge in [0, 0.05) is 17.6 Å². The summed E-state index contributed by atoms with van der Waals surface area (Å²) in [6.45, 7) is 2.31. The molecule has 92 valence electrons. The van der Waals surface area contributed by atoms with Crippen LogP contribution in [-0.4, -0.2) is 26.7 Å². The smallest absolute Gasteiger partial charge is 0.251 e. The van der Waals surface area contributed by atoms with Crippen molar-refractivity contribution in [1.29, 1.82) is 0 Å². The highest BCUT2D eigenvalue weighted by Crippen LogP contribution is 2.27. The van der Waals surface area contributed by atoms with E-state index in [4.69, 9.17) is 5.11 Å². The molecule has 0 saturated heterocycles. The standard InChI is InChI=1S/C9H14BrNO3S2/c1-7(2-4-12)6-11-16(13,14)9-8(10)3-5-15-9/h3,5,7,11-12H,2,4,6H2,1H3. The van der Waals surface area contributed by atoms with E-state index in [1.807, 2.05) is 6.92 Å². The number of aliphatic hydroxyl groups is 1. The van der Waals surface area contributed by atoms with Gasteiger partial charge in [-0.2, -0.15) is 0 Å². The molecule has 1 rings (SSSR count). The summed E-state index contributed by atoms with van der Waals surface area (Å²) in [5.74, 6) is 0.124. The number of aliphatic hydroxyl groups excluding tert-OH is 1. The lowest BCUT2D eigenvalue weighted by molar-refractivity contribution is 0.263. The molecule has 0 aromatic carbocycles. The van der Waals surface area contributed by atoms with E-state index < -0.39 is 10.0 Å². The van der Waals surface area contributed by atoms with E-state index in [1.165, 1.54) is 11.3 Å². The van der Waals surface area contributed by atoms with Gasteiger partial charge in [-0.15, -0.1) is 11.3 Å². The molecule has 2 N–H and O–H groups in total. The second-order valence-corrected chi connectivity index (χ2v) is 7.26. The molecular weight excluding hydrogens is 314 g/mol. The van der Waals surface area contributed by atoms with Gasteiger partial charge in [0.05, 0.1) is 0 Å². The summed E-state index contributed by atoms with van der Waals surface area (Å²) < 4.78 is 27.1. The maximum Gasteiger partial charge on any atom is 0.251 e. The highest BCUT2D eigenvalue weighted by atomic mass is 79.9. The zero-order valence-electron chi connectivity index (χ0n) is 8.81. The van der Waals surface area contributed by atoms with Crippen LogP contribution in [0, 0.1) is 5.92 Å². The summed E-state index contributed by atoms with van der Waals surface area (Å²) >= 11 is 4.37. The van der Waals surface area contributed by atoms with Crippen LogP contribution in [0.15, 0.2) is 20.1 Å². The lowest BCUT2D eigenvalue weighted by atomic mass is 10.1. The van der Waals surface area contributed by atoms with Gasteiger partial charge in [0.2, 0.25) is 0 Å². The summed E-state index contributed by atoms with van der Waals surface area (Å²) in [5.41, 5.74) is 0. The largest absolute Gasteiger partial charge is 0.396 e. The van der Waals surface area contributed by atoms with Gasteiger partial charge in [-0.1, -0.05) is 6.92 Å². The number of thiophene rings is 1. The summed E-state index contributed by atoms with van der Waals surface area (Å²) in [6, 6.07) is 1.70. The topological polar surface area (TPSA) is 66.4 Å². The molecule has 7 heteroatoms. The first-order chi connectivity index (χ1) is 7.47. The Labute approximate surface area is 108 Å². The molecule has 0 aliphatic carbocycles. The average Bonchev–Trinajstić information content (AvgIpc) is 2.63. The van der Waals surface area contributed by atoms with Gasteiger partial charge in [0.1, 0.15) is 4.21 Å². The van der Waals surface area contributed by atoms with Crippen molar-refractivity contribution in [3.63, 3.8) is 0 Å². The Bertz CT molecular complexity index is 430. The van der Waals surface area contributed by atoms with Crippen LogP contribution in [0.2, 0.25) is 0 Å². The number of hydrogen-bond acceptors (Lipinski definition) is 4. The molecule has 0 spiro atoms. The summed E-state index contributed by atoms with van der Waals surface area (Å²) in [6.07, 6.45) is 0.591. The number of hydrogen-bond donors (Lipinski definition) is 2. The van der Waals surface area contributed by atoms with Crippen molar-refractivity contribution in [3.8, 4) is 0 Å². The van der Waals surface area contributed by atoms with Crippen LogP contribution in [0.4, 0.5) is 0 Å². The molecule has 0 radical (unpaired) electrons. The highest BCUT2D eigenvalue weighted by molar-refractivity contribution is 9.10. The molecule has 1 atom stereocenters. The third-order valence-corrected chi connectivity index (χ3v) is 6.17. The Morgan fingerprint density at radius 3 is 2.81 bits per heavy atom. The molecular formula is C9H14BrNO3S2. The van der Waals surface area contributed by atoms with E-state index >= 15 is 0 Å². The van der Waals surface area contributed by atoms with E-state index in [0.717, 1.165) is 0 Å². The molecule has 0 fully saturated rings.